The van der Waals surface area contributed by atoms with Crippen LogP contribution in [0.25, 0.3) is 0 Å². The van der Waals surface area contributed by atoms with Crippen LogP contribution in [0, 0.1) is 0 Å². The number of ether oxygens (including phenoxy) is 1. The average molecular weight is 442 g/mol. The third-order valence-corrected chi connectivity index (χ3v) is 6.63. The van der Waals surface area contributed by atoms with Gasteiger partial charge in [-0.3, -0.25) is 4.79 Å². The first-order chi connectivity index (χ1) is 14.1. The molecule has 1 saturated heterocycles. The number of morpholine rings is 1. The lowest BCUT2D eigenvalue weighted by Crippen LogP contribution is -2.47. The van der Waals surface area contributed by atoms with Gasteiger partial charge in [-0.15, -0.1) is 0 Å². The number of carbonyl (C=O) groups excluding carboxylic acids is 1. The fourth-order valence-electron chi connectivity index (χ4n) is 3.14. The Morgan fingerprint density at radius 1 is 1.17 bits per heavy atom. The smallest absolute Gasteiger partial charge is 0.370 e. The second-order valence-electron chi connectivity index (χ2n) is 6.90. The van der Waals surface area contributed by atoms with Gasteiger partial charge in [-0.25, -0.2) is 8.42 Å². The predicted octanol–water partition coefficient (Wildman–Crippen LogP) is 2.93. The first-order valence-electron chi connectivity index (χ1n) is 9.17. The average Bonchev–Trinajstić information content (AvgIpc) is 2.74. The Balaban J connectivity index is 1.69. The van der Waals surface area contributed by atoms with Crippen molar-refractivity contribution in [1.29, 1.82) is 0 Å². The Hall–Kier alpha value is -2.43. The number of benzene rings is 2. The monoisotopic (exact) mass is 442 g/mol. The molecule has 0 aliphatic carbocycles. The first kappa shape index (κ1) is 22.3. The van der Waals surface area contributed by atoms with Crippen LogP contribution in [0.5, 0.6) is 0 Å². The molecule has 1 unspecified atom stereocenters. The van der Waals surface area contributed by atoms with Gasteiger partial charge in [-0.2, -0.15) is 17.5 Å². The van der Waals surface area contributed by atoms with E-state index in [1.165, 1.54) is 36.2 Å². The number of nitrogens with zero attached hydrogens (tertiary/aromatic N) is 2. The molecule has 0 N–H and O–H groups in total. The molecule has 0 saturated carbocycles. The Labute approximate surface area is 172 Å². The molecule has 0 aromatic heterocycles. The van der Waals surface area contributed by atoms with Crippen molar-refractivity contribution < 1.29 is 31.1 Å². The van der Waals surface area contributed by atoms with Gasteiger partial charge in [-0.1, -0.05) is 30.3 Å². The van der Waals surface area contributed by atoms with E-state index in [2.05, 4.69) is 0 Å². The third-order valence-electron chi connectivity index (χ3n) is 4.81. The highest BCUT2D eigenvalue weighted by Gasteiger charge is 2.33. The molecule has 0 spiro atoms. The highest BCUT2D eigenvalue weighted by Crippen LogP contribution is 2.32. The highest BCUT2D eigenvalue weighted by atomic mass is 32.2. The van der Waals surface area contributed by atoms with Crippen molar-refractivity contribution in [3.8, 4) is 0 Å². The molecule has 1 heterocycles. The third kappa shape index (κ3) is 5.00. The zero-order chi connectivity index (χ0) is 21.9. The number of hydrogen-bond donors (Lipinski definition) is 0. The fraction of sp³-hybridized carbons (Fsp3) is 0.350. The summed E-state index contributed by atoms with van der Waals surface area (Å²) in [6.07, 6.45) is -5.20. The fourth-order valence-corrected chi connectivity index (χ4v) is 4.28. The summed E-state index contributed by atoms with van der Waals surface area (Å²) in [5.41, 5.74) is -0.478. The van der Waals surface area contributed by atoms with E-state index in [-0.39, 0.29) is 31.1 Å². The Morgan fingerprint density at radius 2 is 1.87 bits per heavy atom. The molecule has 1 atom stereocenters. The van der Waals surface area contributed by atoms with Crippen LogP contribution >= 0.6 is 0 Å². The molecular formula is C20H21F3N2O4S. The largest absolute Gasteiger partial charge is 0.416 e. The maximum Gasteiger partial charge on any atom is 0.416 e. The number of alkyl halides is 3. The van der Waals surface area contributed by atoms with Crippen molar-refractivity contribution in [1.82, 2.24) is 9.21 Å². The number of amides is 1. The molecule has 1 amide bonds. The van der Waals surface area contributed by atoms with E-state index >= 15 is 0 Å². The van der Waals surface area contributed by atoms with Gasteiger partial charge in [0.1, 0.15) is 6.10 Å². The second kappa shape index (κ2) is 8.75. The van der Waals surface area contributed by atoms with Crippen LogP contribution in [-0.4, -0.2) is 56.8 Å². The quantitative estimate of drug-likeness (QED) is 0.714. The van der Waals surface area contributed by atoms with Gasteiger partial charge in [0.15, 0.2) is 0 Å². The van der Waals surface area contributed by atoms with Gasteiger partial charge < -0.3 is 9.64 Å². The molecule has 2 aromatic rings. The summed E-state index contributed by atoms with van der Waals surface area (Å²) < 4.78 is 70.6. The van der Waals surface area contributed by atoms with Crippen molar-refractivity contribution in [2.45, 2.75) is 17.2 Å². The lowest BCUT2D eigenvalue weighted by atomic mass is 10.0. The maximum absolute atomic E-state index is 13.0. The number of halogens is 3. The minimum absolute atomic E-state index is 0.0410. The molecule has 0 bridgehead atoms. The van der Waals surface area contributed by atoms with Crippen molar-refractivity contribution in [3.05, 3.63) is 65.7 Å². The second-order valence-corrected chi connectivity index (χ2v) is 8.94. The van der Waals surface area contributed by atoms with Crippen LogP contribution in [0.1, 0.15) is 17.2 Å². The van der Waals surface area contributed by atoms with E-state index in [4.69, 9.17) is 4.74 Å². The summed E-state index contributed by atoms with van der Waals surface area (Å²) in [4.78, 5) is 14.2. The van der Waals surface area contributed by atoms with E-state index in [1.54, 1.807) is 18.2 Å². The summed E-state index contributed by atoms with van der Waals surface area (Å²) in [6.45, 7) is 0.0290. The zero-order valence-corrected chi connectivity index (χ0v) is 17.0. The van der Waals surface area contributed by atoms with Crippen LogP contribution in [0.3, 0.4) is 0 Å². The Bertz CT molecular complexity index is 997. The zero-order valence-electron chi connectivity index (χ0n) is 16.2. The van der Waals surface area contributed by atoms with E-state index in [9.17, 15) is 26.4 Å². The standard InChI is InChI=1S/C20H21F3N2O4S/c1-24(30(27,28)17-8-3-2-4-9-17)14-19(26)25-10-11-29-18(13-25)15-6-5-7-16(12-15)20(21,22)23/h2-9,12,18H,10-11,13-14H2,1H3. The molecule has 1 aliphatic rings. The SMILES string of the molecule is CN(CC(=O)N1CCOC(c2cccc(C(F)(F)F)c2)C1)S(=O)(=O)c1ccccc1. The molecule has 2 aromatic carbocycles. The summed E-state index contributed by atoms with van der Waals surface area (Å²) in [5, 5.41) is 0. The normalized spacial score (nSPS) is 17.9. The summed E-state index contributed by atoms with van der Waals surface area (Å²) >= 11 is 0. The van der Waals surface area contributed by atoms with Crippen molar-refractivity contribution >= 4 is 15.9 Å². The van der Waals surface area contributed by atoms with Gasteiger partial charge in [0.05, 0.1) is 30.2 Å². The molecule has 6 nitrogen and oxygen atoms in total. The Kier molecular flexibility index (Phi) is 6.49. The van der Waals surface area contributed by atoms with Crippen LogP contribution in [-0.2, 0) is 25.7 Å². The van der Waals surface area contributed by atoms with Gasteiger partial charge in [0, 0.05) is 13.6 Å². The lowest BCUT2D eigenvalue weighted by molar-refractivity contribution is -0.140. The minimum Gasteiger partial charge on any atom is -0.370 e. The van der Waals surface area contributed by atoms with E-state index < -0.39 is 33.8 Å². The maximum atomic E-state index is 13.0. The number of sulfonamides is 1. The van der Waals surface area contributed by atoms with Gasteiger partial charge >= 0.3 is 6.18 Å². The molecule has 0 radical (unpaired) electrons. The number of carbonyl (C=O) groups is 1. The van der Waals surface area contributed by atoms with Crippen molar-refractivity contribution in [2.24, 2.45) is 0 Å². The van der Waals surface area contributed by atoms with Crippen LogP contribution in [0.15, 0.2) is 59.5 Å². The van der Waals surface area contributed by atoms with Crippen LogP contribution in [0.2, 0.25) is 0 Å². The molecule has 1 aliphatic heterocycles. The Morgan fingerprint density at radius 3 is 2.53 bits per heavy atom. The van der Waals surface area contributed by atoms with Gasteiger partial charge in [0.2, 0.25) is 15.9 Å². The number of rotatable bonds is 5. The topological polar surface area (TPSA) is 66.9 Å². The van der Waals surface area contributed by atoms with Crippen LogP contribution in [0.4, 0.5) is 13.2 Å². The summed E-state index contributed by atoms with van der Waals surface area (Å²) in [5.74, 6) is -0.447. The van der Waals surface area contributed by atoms with Crippen LogP contribution < -0.4 is 0 Å². The molecular weight excluding hydrogens is 421 g/mol. The van der Waals surface area contributed by atoms with Crippen molar-refractivity contribution in [2.75, 3.05) is 33.3 Å². The summed E-state index contributed by atoms with van der Waals surface area (Å²) in [7, 11) is -2.52. The molecule has 1 fully saturated rings. The molecule has 10 heteroatoms. The minimum atomic E-state index is -4.48. The van der Waals surface area contributed by atoms with E-state index in [1.807, 2.05) is 0 Å². The molecule has 162 valence electrons. The summed E-state index contributed by atoms with van der Waals surface area (Å²) in [6, 6.07) is 12.5. The van der Waals surface area contributed by atoms with Gasteiger partial charge in [-0.05, 0) is 29.8 Å². The van der Waals surface area contributed by atoms with E-state index in [0.717, 1.165) is 16.4 Å². The highest BCUT2D eigenvalue weighted by molar-refractivity contribution is 7.89. The van der Waals surface area contributed by atoms with E-state index in [0.29, 0.717) is 5.56 Å². The molecule has 30 heavy (non-hydrogen) atoms. The lowest BCUT2D eigenvalue weighted by Gasteiger charge is -2.34. The number of likely N-dealkylation sites (N-methyl/N-ethyl adjacent to an activating group) is 1. The molecule has 3 rings (SSSR count). The predicted molar refractivity (Wildman–Crippen MR) is 103 cm³/mol. The van der Waals surface area contributed by atoms with Gasteiger partial charge in [0.25, 0.3) is 0 Å². The number of hydrogen-bond acceptors (Lipinski definition) is 4. The first-order valence-corrected chi connectivity index (χ1v) is 10.6. The van der Waals surface area contributed by atoms with Crippen molar-refractivity contribution in [3.63, 3.8) is 0 Å².